The minimum absolute atomic E-state index is 0.279. The summed E-state index contributed by atoms with van der Waals surface area (Å²) in [6, 6.07) is 11.0. The quantitative estimate of drug-likeness (QED) is 0.423. The van der Waals surface area contributed by atoms with Crippen molar-refractivity contribution in [3.05, 3.63) is 48.0 Å². The van der Waals surface area contributed by atoms with Crippen molar-refractivity contribution in [1.82, 2.24) is 10.4 Å². The highest BCUT2D eigenvalue weighted by Gasteiger charge is 2.31. The number of alkyl halides is 3. The molecule has 0 fully saturated rings. The number of amides is 1. The number of hydrogen-bond acceptors (Lipinski definition) is 5. The molecule has 0 unspecified atom stereocenters. The van der Waals surface area contributed by atoms with Gasteiger partial charge in [0.25, 0.3) is 0 Å². The van der Waals surface area contributed by atoms with Gasteiger partial charge in [-0.3, -0.25) is 4.79 Å². The number of hydrazone groups is 1. The Balaban J connectivity index is 1.85. The Morgan fingerprint density at radius 1 is 1.16 bits per heavy atom. The molecule has 3 rings (SSSR count). The lowest BCUT2D eigenvalue weighted by Crippen LogP contribution is -2.16. The molecular formula is C16H10F3N3O2S. The lowest BCUT2D eigenvalue weighted by atomic mass is 10.2. The van der Waals surface area contributed by atoms with Crippen LogP contribution in [0.4, 0.5) is 13.2 Å². The van der Waals surface area contributed by atoms with E-state index in [2.05, 4.69) is 20.2 Å². The van der Waals surface area contributed by atoms with Gasteiger partial charge in [0.05, 0.1) is 16.4 Å². The molecule has 3 aromatic rings. The summed E-state index contributed by atoms with van der Waals surface area (Å²) >= 11 is 1.42. The third-order valence-corrected chi connectivity index (χ3v) is 4.17. The van der Waals surface area contributed by atoms with Gasteiger partial charge in [-0.2, -0.15) is 5.10 Å². The summed E-state index contributed by atoms with van der Waals surface area (Å²) in [6.07, 6.45) is -2.77. The van der Waals surface area contributed by atoms with E-state index in [-0.39, 0.29) is 5.75 Å². The fourth-order valence-corrected chi connectivity index (χ4v) is 3.04. The number of carbonyl (C=O) groups is 1. The molecule has 0 aliphatic heterocycles. The number of nitrogens with one attached hydrogen (secondary N) is 1. The fourth-order valence-electron chi connectivity index (χ4n) is 2.09. The average molecular weight is 365 g/mol. The van der Waals surface area contributed by atoms with Crippen molar-refractivity contribution >= 4 is 34.2 Å². The summed E-state index contributed by atoms with van der Waals surface area (Å²) in [6.45, 7) is 0. The summed E-state index contributed by atoms with van der Waals surface area (Å²) in [5, 5.41) is 4.37. The van der Waals surface area contributed by atoms with Gasteiger partial charge in [-0.05, 0) is 42.0 Å². The van der Waals surface area contributed by atoms with Crippen LogP contribution < -0.4 is 10.2 Å². The molecular weight excluding hydrogens is 355 g/mol. The van der Waals surface area contributed by atoms with Crippen LogP contribution >= 0.6 is 11.3 Å². The lowest BCUT2D eigenvalue weighted by Gasteiger charge is -2.08. The van der Waals surface area contributed by atoms with Gasteiger partial charge >= 0.3 is 6.36 Å². The van der Waals surface area contributed by atoms with Gasteiger partial charge in [-0.15, -0.1) is 24.5 Å². The zero-order valence-electron chi connectivity index (χ0n) is 12.4. The predicted molar refractivity (Wildman–Crippen MR) is 88.5 cm³/mol. The van der Waals surface area contributed by atoms with Gasteiger partial charge in [0.2, 0.25) is 6.41 Å². The van der Waals surface area contributed by atoms with Gasteiger partial charge in [0, 0.05) is 5.56 Å². The SMILES string of the molecule is O=CN/N=C/c1ccc2sc(-c3ccc(OC(F)(F)F)cc3)nc2c1. The molecule has 0 bridgehead atoms. The first kappa shape index (κ1) is 16.9. The molecule has 1 heterocycles. The molecule has 0 aliphatic rings. The topological polar surface area (TPSA) is 63.6 Å². The van der Waals surface area contributed by atoms with Crippen LogP contribution in [0.3, 0.4) is 0 Å². The number of benzene rings is 2. The molecule has 9 heteroatoms. The standard InChI is InChI=1S/C16H10F3N3O2S/c17-16(18,19)24-12-4-2-11(3-5-12)15-22-13-7-10(8-20-21-9-23)1-6-14(13)25-15/h1-9H,(H,21,23)/b20-8+. The first-order valence-electron chi connectivity index (χ1n) is 6.93. The highest BCUT2D eigenvalue weighted by atomic mass is 32.1. The van der Waals surface area contributed by atoms with Crippen LogP contribution in [0.25, 0.3) is 20.8 Å². The number of fused-ring (bicyclic) bond motifs is 1. The molecule has 128 valence electrons. The smallest absolute Gasteiger partial charge is 0.406 e. The van der Waals surface area contributed by atoms with E-state index in [1.165, 1.54) is 41.8 Å². The van der Waals surface area contributed by atoms with Gasteiger partial charge in [-0.25, -0.2) is 10.4 Å². The Morgan fingerprint density at radius 3 is 2.60 bits per heavy atom. The second-order valence-electron chi connectivity index (χ2n) is 4.82. The molecule has 0 atom stereocenters. The number of halogens is 3. The van der Waals surface area contributed by atoms with E-state index >= 15 is 0 Å². The first-order valence-corrected chi connectivity index (χ1v) is 7.75. The normalized spacial score (nSPS) is 11.8. The molecule has 1 aromatic heterocycles. The molecule has 0 saturated carbocycles. The molecule has 0 radical (unpaired) electrons. The number of nitrogens with zero attached hydrogens (tertiary/aromatic N) is 2. The maximum absolute atomic E-state index is 12.2. The predicted octanol–water partition coefficient (Wildman–Crippen LogP) is 3.94. The third-order valence-electron chi connectivity index (χ3n) is 3.09. The Bertz CT molecular complexity index is 921. The zero-order chi connectivity index (χ0) is 17.9. The Hall–Kier alpha value is -2.94. The number of rotatable bonds is 5. The third kappa shape index (κ3) is 4.32. The average Bonchev–Trinajstić information content (AvgIpc) is 2.97. The van der Waals surface area contributed by atoms with Crippen molar-refractivity contribution < 1.29 is 22.7 Å². The zero-order valence-corrected chi connectivity index (χ0v) is 13.3. The second kappa shape index (κ2) is 6.89. The monoisotopic (exact) mass is 365 g/mol. The maximum atomic E-state index is 12.2. The van der Waals surface area contributed by atoms with Crippen molar-refractivity contribution in [3.63, 3.8) is 0 Å². The summed E-state index contributed by atoms with van der Waals surface area (Å²) < 4.78 is 41.3. The van der Waals surface area contributed by atoms with Crippen molar-refractivity contribution in [2.24, 2.45) is 5.10 Å². The van der Waals surface area contributed by atoms with E-state index < -0.39 is 6.36 Å². The fraction of sp³-hybridized carbons (Fsp3) is 0.0625. The molecule has 1 N–H and O–H groups in total. The van der Waals surface area contributed by atoms with E-state index in [4.69, 9.17) is 0 Å². The Kier molecular flexibility index (Phi) is 4.66. The van der Waals surface area contributed by atoms with Crippen molar-refractivity contribution in [1.29, 1.82) is 0 Å². The lowest BCUT2D eigenvalue weighted by molar-refractivity contribution is -0.274. The summed E-state index contributed by atoms with van der Waals surface area (Å²) in [7, 11) is 0. The van der Waals surface area contributed by atoms with Gasteiger partial charge < -0.3 is 4.74 Å². The highest BCUT2D eigenvalue weighted by Crippen LogP contribution is 2.32. The molecule has 2 aromatic carbocycles. The van der Waals surface area contributed by atoms with Gasteiger partial charge in [0.15, 0.2) is 0 Å². The second-order valence-corrected chi connectivity index (χ2v) is 5.85. The molecule has 1 amide bonds. The summed E-state index contributed by atoms with van der Waals surface area (Å²) in [4.78, 5) is 14.6. The van der Waals surface area contributed by atoms with Crippen LogP contribution in [0.5, 0.6) is 5.75 Å². The molecule has 0 saturated heterocycles. The van der Waals surface area contributed by atoms with Gasteiger partial charge in [-0.1, -0.05) is 6.07 Å². The van der Waals surface area contributed by atoms with Crippen LogP contribution in [0.2, 0.25) is 0 Å². The molecule has 5 nitrogen and oxygen atoms in total. The number of ether oxygens (including phenoxy) is 1. The number of thiazole rings is 1. The Labute approximate surface area is 143 Å². The van der Waals surface area contributed by atoms with Crippen molar-refractivity contribution in [2.75, 3.05) is 0 Å². The summed E-state index contributed by atoms with van der Waals surface area (Å²) in [5.74, 6) is -0.279. The molecule has 0 spiro atoms. The Morgan fingerprint density at radius 2 is 1.92 bits per heavy atom. The summed E-state index contributed by atoms with van der Waals surface area (Å²) in [5.41, 5.74) is 4.35. The number of carbonyl (C=O) groups excluding carboxylic acids is 1. The largest absolute Gasteiger partial charge is 0.573 e. The van der Waals surface area contributed by atoms with E-state index in [0.29, 0.717) is 17.0 Å². The van der Waals surface area contributed by atoms with Crippen LogP contribution in [-0.4, -0.2) is 24.0 Å². The van der Waals surface area contributed by atoms with E-state index in [9.17, 15) is 18.0 Å². The van der Waals surface area contributed by atoms with Crippen molar-refractivity contribution in [3.8, 4) is 16.3 Å². The van der Waals surface area contributed by atoms with Crippen LogP contribution in [0.1, 0.15) is 5.56 Å². The van der Waals surface area contributed by atoms with E-state index in [1.807, 2.05) is 12.1 Å². The molecule has 25 heavy (non-hydrogen) atoms. The van der Waals surface area contributed by atoms with Gasteiger partial charge in [0.1, 0.15) is 10.8 Å². The van der Waals surface area contributed by atoms with Crippen molar-refractivity contribution in [2.45, 2.75) is 6.36 Å². The minimum Gasteiger partial charge on any atom is -0.406 e. The van der Waals surface area contributed by atoms with E-state index in [1.54, 1.807) is 6.07 Å². The highest BCUT2D eigenvalue weighted by molar-refractivity contribution is 7.21. The number of hydrogen-bond donors (Lipinski definition) is 1. The molecule has 0 aliphatic carbocycles. The minimum atomic E-state index is -4.71. The first-order chi connectivity index (χ1) is 11.9. The number of aromatic nitrogens is 1. The van der Waals surface area contributed by atoms with Crippen LogP contribution in [-0.2, 0) is 4.79 Å². The van der Waals surface area contributed by atoms with Crippen LogP contribution in [0, 0.1) is 0 Å². The van der Waals surface area contributed by atoms with E-state index in [0.717, 1.165) is 15.8 Å². The maximum Gasteiger partial charge on any atom is 0.573 e. The van der Waals surface area contributed by atoms with Crippen LogP contribution in [0.15, 0.2) is 47.6 Å².